The van der Waals surface area contributed by atoms with Crippen LogP contribution >= 0.6 is 0 Å². The molecule has 0 aromatic carbocycles. The molecule has 0 N–H and O–H groups in total. The van der Waals surface area contributed by atoms with Crippen molar-refractivity contribution < 1.29 is 9.53 Å². The smallest absolute Gasteiger partial charge is 0.334 e. The molecule has 2 heteroatoms. The summed E-state index contributed by atoms with van der Waals surface area (Å²) in [5, 5.41) is 0. The maximum Gasteiger partial charge on any atom is 0.334 e. The fourth-order valence-electron chi connectivity index (χ4n) is 0.716. The minimum atomic E-state index is -0.183. The molecule has 0 spiro atoms. The first-order valence-corrected chi connectivity index (χ1v) is 2.59. The number of carbonyl (C=O) groups is 1. The van der Waals surface area contributed by atoms with Crippen molar-refractivity contribution in [3.63, 3.8) is 0 Å². The van der Waals surface area contributed by atoms with Crippen LogP contribution in [0.4, 0.5) is 0 Å². The van der Waals surface area contributed by atoms with Crippen molar-refractivity contribution in [2.75, 3.05) is 0 Å². The summed E-state index contributed by atoms with van der Waals surface area (Å²) < 4.78 is 4.74. The second kappa shape index (κ2) is 1.62. The Morgan fingerprint density at radius 2 is 2.38 bits per heavy atom. The molecule has 1 heterocycles. The second-order valence-corrected chi connectivity index (χ2v) is 1.96. The summed E-state index contributed by atoms with van der Waals surface area (Å²) in [5.74, 6) is -0.183. The molecule has 2 nitrogen and oxygen atoms in total. The first-order valence-electron chi connectivity index (χ1n) is 2.59. The van der Waals surface area contributed by atoms with Gasteiger partial charge in [-0.15, -0.1) is 0 Å². The van der Waals surface area contributed by atoms with Crippen LogP contribution in [0, 0.1) is 0 Å². The van der Waals surface area contributed by atoms with Crippen LogP contribution in [-0.4, -0.2) is 12.1 Å². The zero-order valence-corrected chi connectivity index (χ0v) is 4.97. The molecular weight excluding hydrogens is 104 g/mol. The number of hydrogen-bond donors (Lipinski definition) is 0. The van der Waals surface area contributed by atoms with E-state index in [0.29, 0.717) is 0 Å². The van der Waals surface area contributed by atoms with Crippen molar-refractivity contribution in [3.8, 4) is 0 Å². The zero-order chi connectivity index (χ0) is 6.15. The number of rotatable bonds is 0. The summed E-state index contributed by atoms with van der Waals surface area (Å²) in [5.41, 5.74) is 0.720. The Kier molecular flexibility index (Phi) is 1.08. The molecule has 0 amide bonds. The van der Waals surface area contributed by atoms with E-state index in [1.807, 2.05) is 13.0 Å². The number of cyclic esters (lactones) is 1. The summed E-state index contributed by atoms with van der Waals surface area (Å²) in [7, 11) is 0. The van der Waals surface area contributed by atoms with Gasteiger partial charge in [0.05, 0.1) is 0 Å². The van der Waals surface area contributed by atoms with Crippen LogP contribution in [0.2, 0.25) is 0 Å². The molecular formula is C6H8O2. The summed E-state index contributed by atoms with van der Waals surface area (Å²) >= 11 is 0. The molecule has 0 radical (unpaired) electrons. The van der Waals surface area contributed by atoms with Gasteiger partial charge in [0.25, 0.3) is 0 Å². The predicted molar refractivity (Wildman–Crippen MR) is 29.3 cm³/mol. The van der Waals surface area contributed by atoms with E-state index in [1.54, 1.807) is 6.92 Å². The highest BCUT2D eigenvalue weighted by Crippen LogP contribution is 2.10. The van der Waals surface area contributed by atoms with Crippen LogP contribution in [0.5, 0.6) is 0 Å². The Morgan fingerprint density at radius 3 is 2.50 bits per heavy atom. The van der Waals surface area contributed by atoms with Gasteiger partial charge >= 0.3 is 5.97 Å². The summed E-state index contributed by atoms with van der Waals surface area (Å²) in [6, 6.07) is 0. The molecule has 1 rings (SSSR count). The Bertz CT molecular complexity index is 147. The number of hydrogen-bond acceptors (Lipinski definition) is 2. The molecule has 1 atom stereocenters. The van der Waals surface area contributed by atoms with Crippen molar-refractivity contribution in [1.82, 2.24) is 0 Å². The molecule has 1 aliphatic rings. The van der Waals surface area contributed by atoms with Gasteiger partial charge in [-0.25, -0.2) is 4.79 Å². The third-order valence-electron chi connectivity index (χ3n) is 1.10. The Balaban J connectivity index is 2.73. The maximum atomic E-state index is 10.5. The molecule has 0 unspecified atom stereocenters. The fourth-order valence-corrected chi connectivity index (χ4v) is 0.716. The average Bonchev–Trinajstić information content (AvgIpc) is 1.85. The first-order chi connectivity index (χ1) is 3.70. The van der Waals surface area contributed by atoms with Gasteiger partial charge in [0.2, 0.25) is 0 Å². The van der Waals surface area contributed by atoms with Crippen LogP contribution in [-0.2, 0) is 9.53 Å². The lowest BCUT2D eigenvalue weighted by Crippen LogP contribution is -2.02. The average molecular weight is 112 g/mol. The van der Waals surface area contributed by atoms with Gasteiger partial charge in [0, 0.05) is 5.57 Å². The molecule has 1 aliphatic heterocycles. The highest BCUT2D eigenvalue weighted by molar-refractivity contribution is 5.90. The lowest BCUT2D eigenvalue weighted by atomic mass is 10.3. The molecule has 0 saturated heterocycles. The number of esters is 1. The SMILES string of the molecule is CC1=C[C@@H](C)OC1=O. The highest BCUT2D eigenvalue weighted by atomic mass is 16.5. The van der Waals surface area contributed by atoms with Crippen molar-refractivity contribution in [3.05, 3.63) is 11.6 Å². The van der Waals surface area contributed by atoms with E-state index in [9.17, 15) is 4.79 Å². The van der Waals surface area contributed by atoms with Crippen molar-refractivity contribution >= 4 is 5.97 Å². The van der Waals surface area contributed by atoms with Crippen LogP contribution in [0.1, 0.15) is 13.8 Å². The quantitative estimate of drug-likeness (QED) is 0.435. The minimum Gasteiger partial charge on any atom is -0.455 e. The van der Waals surface area contributed by atoms with Gasteiger partial charge in [-0.1, -0.05) is 0 Å². The molecule has 0 bridgehead atoms. The van der Waals surface area contributed by atoms with Gasteiger partial charge in [-0.3, -0.25) is 0 Å². The Morgan fingerprint density at radius 1 is 1.75 bits per heavy atom. The van der Waals surface area contributed by atoms with Crippen molar-refractivity contribution in [2.24, 2.45) is 0 Å². The lowest BCUT2D eigenvalue weighted by Gasteiger charge is -1.96. The molecule has 44 valence electrons. The molecule has 0 aromatic heterocycles. The monoisotopic (exact) mass is 112 g/mol. The van der Waals surface area contributed by atoms with Crippen LogP contribution in [0.3, 0.4) is 0 Å². The first kappa shape index (κ1) is 5.35. The second-order valence-electron chi connectivity index (χ2n) is 1.96. The lowest BCUT2D eigenvalue weighted by molar-refractivity contribution is -0.138. The summed E-state index contributed by atoms with van der Waals surface area (Å²) in [6.45, 7) is 3.60. The summed E-state index contributed by atoms with van der Waals surface area (Å²) in [4.78, 5) is 10.5. The third kappa shape index (κ3) is 0.735. The third-order valence-corrected chi connectivity index (χ3v) is 1.10. The molecule has 0 saturated carbocycles. The van der Waals surface area contributed by atoms with Crippen molar-refractivity contribution in [2.45, 2.75) is 20.0 Å². The van der Waals surface area contributed by atoms with Gasteiger partial charge in [-0.05, 0) is 19.9 Å². The van der Waals surface area contributed by atoms with E-state index in [4.69, 9.17) is 4.74 Å². The van der Waals surface area contributed by atoms with Crippen LogP contribution in [0.15, 0.2) is 11.6 Å². The van der Waals surface area contributed by atoms with Gasteiger partial charge in [-0.2, -0.15) is 0 Å². The van der Waals surface area contributed by atoms with E-state index in [0.717, 1.165) is 5.57 Å². The Hall–Kier alpha value is -0.790. The number of carbonyl (C=O) groups excluding carboxylic acids is 1. The van der Waals surface area contributed by atoms with Crippen LogP contribution in [0.25, 0.3) is 0 Å². The summed E-state index contributed by atoms with van der Waals surface area (Å²) in [6.07, 6.45) is 1.80. The normalized spacial score (nSPS) is 27.5. The topological polar surface area (TPSA) is 26.3 Å². The molecule has 0 aliphatic carbocycles. The fraction of sp³-hybridized carbons (Fsp3) is 0.500. The minimum absolute atomic E-state index is 0.0116. The van der Waals surface area contributed by atoms with Gasteiger partial charge in [0.15, 0.2) is 0 Å². The van der Waals surface area contributed by atoms with Crippen LogP contribution < -0.4 is 0 Å². The van der Waals surface area contributed by atoms with E-state index < -0.39 is 0 Å². The number of ether oxygens (including phenoxy) is 1. The van der Waals surface area contributed by atoms with E-state index in [2.05, 4.69) is 0 Å². The largest absolute Gasteiger partial charge is 0.455 e. The van der Waals surface area contributed by atoms with Crippen molar-refractivity contribution in [1.29, 1.82) is 0 Å². The molecule has 0 fully saturated rings. The molecule has 8 heavy (non-hydrogen) atoms. The standard InChI is InChI=1S/C6H8O2/c1-4-3-5(2)8-6(4)7/h3,5H,1-2H3/t5-/m1/s1. The maximum absolute atomic E-state index is 10.5. The van der Waals surface area contributed by atoms with Gasteiger partial charge < -0.3 is 4.74 Å². The van der Waals surface area contributed by atoms with E-state index in [-0.39, 0.29) is 12.1 Å². The van der Waals surface area contributed by atoms with E-state index >= 15 is 0 Å². The highest BCUT2D eigenvalue weighted by Gasteiger charge is 2.16. The molecule has 0 aromatic rings. The van der Waals surface area contributed by atoms with E-state index in [1.165, 1.54) is 0 Å². The zero-order valence-electron chi connectivity index (χ0n) is 4.97. The van der Waals surface area contributed by atoms with Gasteiger partial charge in [0.1, 0.15) is 6.10 Å². The predicted octanol–water partition coefficient (Wildman–Crippen LogP) is 0.878. The Labute approximate surface area is 48.1 Å².